The molecule has 0 heterocycles. The minimum Gasteiger partial charge on any atom is -0.495 e. The molecule has 2 aromatic rings. The van der Waals surface area contributed by atoms with E-state index in [2.05, 4.69) is 15.9 Å². The van der Waals surface area contributed by atoms with Crippen LogP contribution < -0.4 is 10.5 Å². The standard InChI is InChI=1S/C14H10BrClFNO2/c1-20-13-3-2-7(4-10(13)16)14(19)8-5-12(18)11(17)6-9(8)15/h2-6H,18H2,1H3. The van der Waals surface area contributed by atoms with Crippen molar-refractivity contribution < 1.29 is 13.9 Å². The van der Waals surface area contributed by atoms with Crippen LogP contribution >= 0.6 is 27.5 Å². The van der Waals surface area contributed by atoms with Crippen LogP contribution in [0.5, 0.6) is 5.75 Å². The van der Waals surface area contributed by atoms with Gasteiger partial charge in [0.05, 0.1) is 17.8 Å². The molecule has 0 atom stereocenters. The lowest BCUT2D eigenvalue weighted by Crippen LogP contribution is -2.05. The molecule has 0 radical (unpaired) electrons. The summed E-state index contributed by atoms with van der Waals surface area (Å²) < 4.78 is 18.6. The van der Waals surface area contributed by atoms with Crippen LogP contribution in [0.15, 0.2) is 34.8 Å². The smallest absolute Gasteiger partial charge is 0.194 e. The predicted molar refractivity (Wildman–Crippen MR) is 79.9 cm³/mol. The van der Waals surface area contributed by atoms with Crippen molar-refractivity contribution in [2.24, 2.45) is 0 Å². The summed E-state index contributed by atoms with van der Waals surface area (Å²) in [5, 5.41) is 0.324. The van der Waals surface area contributed by atoms with Crippen LogP contribution in [0.2, 0.25) is 5.02 Å². The van der Waals surface area contributed by atoms with Crippen LogP contribution in [0.4, 0.5) is 10.1 Å². The van der Waals surface area contributed by atoms with E-state index < -0.39 is 5.82 Å². The lowest BCUT2D eigenvalue weighted by atomic mass is 10.0. The van der Waals surface area contributed by atoms with E-state index in [9.17, 15) is 9.18 Å². The third kappa shape index (κ3) is 2.78. The molecule has 2 N–H and O–H groups in total. The van der Waals surface area contributed by atoms with Crippen molar-refractivity contribution in [1.29, 1.82) is 0 Å². The van der Waals surface area contributed by atoms with Crippen LogP contribution in [-0.4, -0.2) is 12.9 Å². The summed E-state index contributed by atoms with van der Waals surface area (Å²) in [5.41, 5.74) is 6.03. The second-order valence-corrected chi connectivity index (χ2v) is 5.29. The number of hydrogen-bond acceptors (Lipinski definition) is 3. The molecule has 0 unspecified atom stereocenters. The lowest BCUT2D eigenvalue weighted by molar-refractivity contribution is 0.103. The zero-order valence-corrected chi connectivity index (χ0v) is 12.8. The number of rotatable bonds is 3. The quantitative estimate of drug-likeness (QED) is 0.665. The summed E-state index contributed by atoms with van der Waals surface area (Å²) in [7, 11) is 1.49. The average Bonchev–Trinajstić information content (AvgIpc) is 2.42. The topological polar surface area (TPSA) is 52.3 Å². The fourth-order valence-electron chi connectivity index (χ4n) is 1.70. The van der Waals surface area contributed by atoms with Gasteiger partial charge in [-0.3, -0.25) is 4.79 Å². The van der Waals surface area contributed by atoms with Gasteiger partial charge in [-0.15, -0.1) is 0 Å². The Bertz CT molecular complexity index is 691. The first kappa shape index (κ1) is 14.8. The summed E-state index contributed by atoms with van der Waals surface area (Å²) in [6.07, 6.45) is 0. The lowest BCUT2D eigenvalue weighted by Gasteiger charge is -2.08. The molecule has 2 rings (SSSR count). The molecular formula is C14H10BrClFNO2. The molecule has 2 aromatic carbocycles. The Balaban J connectivity index is 2.46. The number of nitrogens with two attached hydrogens (primary N) is 1. The summed E-state index contributed by atoms with van der Waals surface area (Å²) >= 11 is 9.14. The molecule has 0 fully saturated rings. The van der Waals surface area contributed by atoms with Gasteiger partial charge < -0.3 is 10.5 Å². The van der Waals surface area contributed by atoms with E-state index in [1.807, 2.05) is 0 Å². The monoisotopic (exact) mass is 357 g/mol. The van der Waals surface area contributed by atoms with Crippen molar-refractivity contribution in [1.82, 2.24) is 0 Å². The Morgan fingerprint density at radius 3 is 2.65 bits per heavy atom. The van der Waals surface area contributed by atoms with Gasteiger partial charge in [-0.25, -0.2) is 4.39 Å². The van der Waals surface area contributed by atoms with Crippen LogP contribution in [0.3, 0.4) is 0 Å². The first-order valence-electron chi connectivity index (χ1n) is 5.56. The number of ketones is 1. The number of methoxy groups -OCH3 is 1. The van der Waals surface area contributed by atoms with Crippen molar-refractivity contribution in [3.63, 3.8) is 0 Å². The van der Waals surface area contributed by atoms with Crippen molar-refractivity contribution >= 4 is 39.0 Å². The first-order valence-corrected chi connectivity index (χ1v) is 6.74. The minimum absolute atomic E-state index is 0.0869. The molecule has 0 spiro atoms. The summed E-state index contributed by atoms with van der Waals surface area (Å²) in [4.78, 5) is 12.4. The summed E-state index contributed by atoms with van der Waals surface area (Å²) in [5.74, 6) is -0.421. The molecule has 20 heavy (non-hydrogen) atoms. The van der Waals surface area contributed by atoms with Crippen LogP contribution in [0.25, 0.3) is 0 Å². The second-order valence-electron chi connectivity index (χ2n) is 4.03. The van der Waals surface area contributed by atoms with E-state index >= 15 is 0 Å². The van der Waals surface area contributed by atoms with Gasteiger partial charge in [-0.05, 0) is 46.3 Å². The molecule has 0 bridgehead atoms. The fourth-order valence-corrected chi connectivity index (χ4v) is 2.46. The molecule has 0 aliphatic rings. The molecule has 0 aliphatic heterocycles. The number of anilines is 1. The van der Waals surface area contributed by atoms with Gasteiger partial charge in [0, 0.05) is 15.6 Å². The van der Waals surface area contributed by atoms with Gasteiger partial charge >= 0.3 is 0 Å². The zero-order chi connectivity index (χ0) is 14.9. The Kier molecular flexibility index (Phi) is 4.30. The Morgan fingerprint density at radius 2 is 2.05 bits per heavy atom. The van der Waals surface area contributed by atoms with E-state index in [0.717, 1.165) is 6.07 Å². The van der Waals surface area contributed by atoms with Crippen molar-refractivity contribution in [3.05, 3.63) is 56.8 Å². The number of benzene rings is 2. The number of carbonyl (C=O) groups is 1. The van der Waals surface area contributed by atoms with Gasteiger partial charge in [-0.2, -0.15) is 0 Å². The molecule has 104 valence electrons. The highest BCUT2D eigenvalue weighted by atomic mass is 79.9. The molecule has 3 nitrogen and oxygen atoms in total. The van der Waals surface area contributed by atoms with Crippen molar-refractivity contribution in [2.75, 3.05) is 12.8 Å². The van der Waals surface area contributed by atoms with E-state index in [4.69, 9.17) is 22.1 Å². The SMILES string of the molecule is COc1ccc(C(=O)c2cc(N)c(F)cc2Br)cc1Cl. The highest BCUT2D eigenvalue weighted by molar-refractivity contribution is 9.10. The molecule has 0 aromatic heterocycles. The fraction of sp³-hybridized carbons (Fsp3) is 0.0714. The van der Waals surface area contributed by atoms with E-state index in [1.165, 1.54) is 19.2 Å². The number of carbonyl (C=O) groups excluding carboxylic acids is 1. The van der Waals surface area contributed by atoms with E-state index in [1.54, 1.807) is 12.1 Å². The number of halogens is 3. The minimum atomic E-state index is -0.582. The van der Waals surface area contributed by atoms with Crippen LogP contribution in [0.1, 0.15) is 15.9 Å². The third-order valence-electron chi connectivity index (χ3n) is 2.74. The molecular weight excluding hydrogens is 349 g/mol. The van der Waals surface area contributed by atoms with Gasteiger partial charge in [0.2, 0.25) is 0 Å². The van der Waals surface area contributed by atoms with E-state index in [-0.39, 0.29) is 17.0 Å². The third-order valence-corrected chi connectivity index (χ3v) is 3.70. The van der Waals surface area contributed by atoms with E-state index in [0.29, 0.717) is 20.8 Å². The number of hydrogen-bond donors (Lipinski definition) is 1. The molecule has 0 aliphatic carbocycles. The van der Waals surface area contributed by atoms with Gasteiger partial charge in [0.15, 0.2) is 5.78 Å². The molecule has 6 heteroatoms. The summed E-state index contributed by atoms with van der Waals surface area (Å²) in [6.45, 7) is 0. The predicted octanol–water partition coefficient (Wildman–Crippen LogP) is 4.06. The van der Waals surface area contributed by atoms with Gasteiger partial charge in [0.1, 0.15) is 11.6 Å². The van der Waals surface area contributed by atoms with Crippen LogP contribution in [0, 0.1) is 5.82 Å². The van der Waals surface area contributed by atoms with Crippen molar-refractivity contribution in [2.45, 2.75) is 0 Å². The van der Waals surface area contributed by atoms with Crippen LogP contribution in [-0.2, 0) is 0 Å². The van der Waals surface area contributed by atoms with Gasteiger partial charge in [0.25, 0.3) is 0 Å². The van der Waals surface area contributed by atoms with Crippen molar-refractivity contribution in [3.8, 4) is 5.75 Å². The normalized spacial score (nSPS) is 10.4. The maximum absolute atomic E-state index is 13.3. The Labute approximate surface area is 128 Å². The highest BCUT2D eigenvalue weighted by Gasteiger charge is 2.16. The molecule has 0 amide bonds. The second kappa shape index (κ2) is 5.81. The Hall–Kier alpha value is -1.59. The summed E-state index contributed by atoms with van der Waals surface area (Å²) in [6, 6.07) is 7.12. The zero-order valence-electron chi connectivity index (χ0n) is 10.4. The largest absolute Gasteiger partial charge is 0.495 e. The average molecular weight is 359 g/mol. The first-order chi connectivity index (χ1) is 9.43. The number of ether oxygens (including phenoxy) is 1. The molecule has 0 saturated heterocycles. The van der Waals surface area contributed by atoms with Gasteiger partial charge in [-0.1, -0.05) is 11.6 Å². The Morgan fingerprint density at radius 1 is 1.35 bits per heavy atom. The maximum Gasteiger partial charge on any atom is 0.194 e. The highest BCUT2D eigenvalue weighted by Crippen LogP contribution is 2.29. The maximum atomic E-state index is 13.3. The molecule has 0 saturated carbocycles. The number of nitrogen functional groups attached to an aromatic ring is 1.